The van der Waals surface area contributed by atoms with Crippen LogP contribution < -0.4 is 4.74 Å². The second-order valence-corrected chi connectivity index (χ2v) is 4.03. The van der Waals surface area contributed by atoms with Crippen molar-refractivity contribution in [1.29, 1.82) is 0 Å². The highest BCUT2D eigenvalue weighted by Crippen LogP contribution is 2.26. The van der Waals surface area contributed by atoms with Crippen LogP contribution in [-0.4, -0.2) is 18.3 Å². The van der Waals surface area contributed by atoms with Crippen LogP contribution in [0.4, 0.5) is 0 Å². The molecule has 1 heterocycles. The molecule has 0 aromatic heterocycles. The molecule has 1 aromatic carbocycles. The maximum atomic E-state index is 8.96. The largest absolute Gasteiger partial charge is 0.493 e. The minimum absolute atomic E-state index is 0.258. The summed E-state index contributed by atoms with van der Waals surface area (Å²) in [5.41, 5.74) is 2.61. The van der Waals surface area contributed by atoms with Gasteiger partial charge in [0.2, 0.25) is 0 Å². The zero-order chi connectivity index (χ0) is 9.97. The molecule has 0 radical (unpaired) electrons. The van der Waals surface area contributed by atoms with Crippen LogP contribution in [0.5, 0.6) is 5.75 Å². The van der Waals surface area contributed by atoms with Crippen molar-refractivity contribution in [3.8, 4) is 5.75 Å². The Morgan fingerprint density at radius 1 is 1.50 bits per heavy atom. The first-order valence-corrected chi connectivity index (χ1v) is 5.15. The second-order valence-electron chi connectivity index (χ2n) is 4.03. The Morgan fingerprint density at radius 2 is 2.36 bits per heavy atom. The first kappa shape index (κ1) is 9.53. The molecule has 1 unspecified atom stereocenters. The molecular formula is C12H16O2. The van der Waals surface area contributed by atoms with Gasteiger partial charge in [0.05, 0.1) is 6.61 Å². The van der Waals surface area contributed by atoms with E-state index in [2.05, 4.69) is 19.1 Å². The smallest absolute Gasteiger partial charge is 0.122 e. The molecule has 2 rings (SSSR count). The predicted molar refractivity (Wildman–Crippen MR) is 55.6 cm³/mol. The third-order valence-corrected chi connectivity index (χ3v) is 2.65. The minimum atomic E-state index is 0.258. The van der Waals surface area contributed by atoms with E-state index in [1.165, 1.54) is 11.1 Å². The fourth-order valence-corrected chi connectivity index (χ4v) is 1.83. The SMILES string of the molecule is CC(CO)Cc1ccc2c(c1)CCO2. The Bertz CT molecular complexity index is 320. The lowest BCUT2D eigenvalue weighted by Gasteiger charge is -2.08. The Balaban J connectivity index is 2.12. The van der Waals surface area contributed by atoms with E-state index in [1.807, 2.05) is 6.07 Å². The van der Waals surface area contributed by atoms with Gasteiger partial charge in [-0.25, -0.2) is 0 Å². The maximum Gasteiger partial charge on any atom is 0.122 e. The summed E-state index contributed by atoms with van der Waals surface area (Å²) in [6, 6.07) is 6.34. The van der Waals surface area contributed by atoms with Gasteiger partial charge in [0.25, 0.3) is 0 Å². The monoisotopic (exact) mass is 192 g/mol. The third kappa shape index (κ3) is 1.90. The number of aliphatic hydroxyl groups is 1. The summed E-state index contributed by atoms with van der Waals surface area (Å²) in [4.78, 5) is 0. The topological polar surface area (TPSA) is 29.5 Å². The van der Waals surface area contributed by atoms with Crippen LogP contribution in [0, 0.1) is 5.92 Å². The highest BCUT2D eigenvalue weighted by atomic mass is 16.5. The summed E-state index contributed by atoms with van der Waals surface area (Å²) in [6.07, 6.45) is 1.97. The van der Waals surface area contributed by atoms with E-state index in [1.54, 1.807) is 0 Å². The van der Waals surface area contributed by atoms with Crippen molar-refractivity contribution in [2.45, 2.75) is 19.8 Å². The van der Waals surface area contributed by atoms with Gasteiger partial charge in [-0.2, -0.15) is 0 Å². The Labute approximate surface area is 84.5 Å². The van der Waals surface area contributed by atoms with Crippen molar-refractivity contribution in [3.05, 3.63) is 29.3 Å². The minimum Gasteiger partial charge on any atom is -0.493 e. The van der Waals surface area contributed by atoms with Crippen LogP contribution >= 0.6 is 0 Å². The van der Waals surface area contributed by atoms with Gasteiger partial charge in [-0.3, -0.25) is 0 Å². The zero-order valence-corrected chi connectivity index (χ0v) is 8.49. The van der Waals surface area contributed by atoms with Crippen molar-refractivity contribution < 1.29 is 9.84 Å². The number of ether oxygens (including phenoxy) is 1. The van der Waals surface area contributed by atoms with E-state index < -0.39 is 0 Å². The molecule has 1 atom stereocenters. The molecule has 76 valence electrons. The van der Waals surface area contributed by atoms with Gasteiger partial charge in [0.15, 0.2) is 0 Å². The van der Waals surface area contributed by atoms with Gasteiger partial charge in [-0.05, 0) is 29.5 Å². The predicted octanol–water partition coefficient (Wildman–Crippen LogP) is 1.79. The van der Waals surface area contributed by atoms with Crippen molar-refractivity contribution in [2.75, 3.05) is 13.2 Å². The molecular weight excluding hydrogens is 176 g/mol. The molecule has 1 aromatic rings. The molecule has 2 heteroatoms. The molecule has 0 saturated carbocycles. The van der Waals surface area contributed by atoms with Gasteiger partial charge >= 0.3 is 0 Å². The first-order chi connectivity index (χ1) is 6.79. The van der Waals surface area contributed by atoms with Crippen LogP contribution in [0.15, 0.2) is 18.2 Å². The van der Waals surface area contributed by atoms with Crippen molar-refractivity contribution in [1.82, 2.24) is 0 Å². The molecule has 1 N–H and O–H groups in total. The second kappa shape index (κ2) is 4.01. The quantitative estimate of drug-likeness (QED) is 0.791. The van der Waals surface area contributed by atoms with Crippen molar-refractivity contribution >= 4 is 0 Å². The molecule has 0 aliphatic carbocycles. The maximum absolute atomic E-state index is 8.96. The summed E-state index contributed by atoms with van der Waals surface area (Å²) in [7, 11) is 0. The summed E-state index contributed by atoms with van der Waals surface area (Å²) in [6.45, 7) is 3.13. The average molecular weight is 192 g/mol. The van der Waals surface area contributed by atoms with Gasteiger partial charge < -0.3 is 9.84 Å². The molecule has 1 aliphatic rings. The summed E-state index contributed by atoms with van der Waals surface area (Å²) in [5, 5.41) is 8.96. The van der Waals surface area contributed by atoms with Crippen LogP contribution in [-0.2, 0) is 12.8 Å². The fourth-order valence-electron chi connectivity index (χ4n) is 1.83. The molecule has 0 saturated heterocycles. The molecule has 0 spiro atoms. The van der Waals surface area contributed by atoms with Crippen LogP contribution in [0.3, 0.4) is 0 Å². The Morgan fingerprint density at radius 3 is 3.14 bits per heavy atom. The number of benzene rings is 1. The lowest BCUT2D eigenvalue weighted by Crippen LogP contribution is -2.04. The molecule has 0 fully saturated rings. The normalized spacial score (nSPS) is 16.1. The van der Waals surface area contributed by atoms with Gasteiger partial charge in [0, 0.05) is 13.0 Å². The lowest BCUT2D eigenvalue weighted by molar-refractivity contribution is 0.237. The molecule has 14 heavy (non-hydrogen) atoms. The van der Waals surface area contributed by atoms with E-state index in [0.717, 1.165) is 25.2 Å². The Hall–Kier alpha value is -1.02. The number of fused-ring (bicyclic) bond motifs is 1. The third-order valence-electron chi connectivity index (χ3n) is 2.65. The molecule has 2 nitrogen and oxygen atoms in total. The van der Waals surface area contributed by atoms with Crippen molar-refractivity contribution in [3.63, 3.8) is 0 Å². The first-order valence-electron chi connectivity index (χ1n) is 5.15. The van der Waals surface area contributed by atoms with E-state index >= 15 is 0 Å². The van der Waals surface area contributed by atoms with Crippen LogP contribution in [0.25, 0.3) is 0 Å². The van der Waals surface area contributed by atoms with Crippen LogP contribution in [0.2, 0.25) is 0 Å². The van der Waals surface area contributed by atoms with E-state index in [0.29, 0.717) is 5.92 Å². The number of rotatable bonds is 3. The highest BCUT2D eigenvalue weighted by molar-refractivity contribution is 5.39. The molecule has 0 bridgehead atoms. The fraction of sp³-hybridized carbons (Fsp3) is 0.500. The summed E-state index contributed by atoms with van der Waals surface area (Å²) in [5.74, 6) is 1.38. The zero-order valence-electron chi connectivity index (χ0n) is 8.49. The lowest BCUT2D eigenvalue weighted by atomic mass is 9.99. The average Bonchev–Trinajstić information content (AvgIpc) is 2.64. The standard InChI is InChI=1S/C12H16O2/c1-9(8-13)6-10-2-3-12-11(7-10)4-5-14-12/h2-3,7,9,13H,4-6,8H2,1H3. The van der Waals surface area contributed by atoms with Gasteiger partial charge in [-0.1, -0.05) is 19.1 Å². The van der Waals surface area contributed by atoms with Gasteiger partial charge in [0.1, 0.15) is 5.75 Å². The van der Waals surface area contributed by atoms with Crippen LogP contribution in [0.1, 0.15) is 18.1 Å². The van der Waals surface area contributed by atoms with Crippen molar-refractivity contribution in [2.24, 2.45) is 5.92 Å². The number of aliphatic hydroxyl groups excluding tert-OH is 1. The summed E-state index contributed by atoms with van der Waals surface area (Å²) < 4.78 is 5.44. The molecule has 0 amide bonds. The number of hydrogen-bond donors (Lipinski definition) is 1. The summed E-state index contributed by atoms with van der Waals surface area (Å²) >= 11 is 0. The van der Waals surface area contributed by atoms with Gasteiger partial charge in [-0.15, -0.1) is 0 Å². The van der Waals surface area contributed by atoms with E-state index in [4.69, 9.17) is 9.84 Å². The highest BCUT2D eigenvalue weighted by Gasteiger charge is 2.12. The number of hydrogen-bond acceptors (Lipinski definition) is 2. The van der Waals surface area contributed by atoms with E-state index in [9.17, 15) is 0 Å². The Kier molecular flexibility index (Phi) is 2.73. The molecule has 1 aliphatic heterocycles. The van der Waals surface area contributed by atoms with E-state index in [-0.39, 0.29) is 6.61 Å².